The third-order valence-electron chi connectivity index (χ3n) is 2.58. The maximum atomic E-state index is 13.3. The van der Waals surface area contributed by atoms with E-state index in [1.165, 1.54) is 6.07 Å². The van der Waals surface area contributed by atoms with Crippen molar-refractivity contribution in [3.63, 3.8) is 0 Å². The van der Waals surface area contributed by atoms with Gasteiger partial charge < -0.3 is 9.88 Å². The van der Waals surface area contributed by atoms with Gasteiger partial charge in [0.15, 0.2) is 5.16 Å². The highest BCUT2D eigenvalue weighted by molar-refractivity contribution is 7.99. The maximum absolute atomic E-state index is 13.3. The molecule has 0 unspecified atom stereocenters. The first-order chi connectivity index (χ1) is 8.68. The second-order valence-corrected chi connectivity index (χ2v) is 4.91. The molecule has 1 N–H and O–H groups in total. The topological polar surface area (TPSA) is 42.7 Å². The Labute approximate surface area is 110 Å². The van der Waals surface area contributed by atoms with Gasteiger partial charge in [-0.15, -0.1) is 10.2 Å². The molecule has 0 aliphatic rings. The van der Waals surface area contributed by atoms with Crippen LogP contribution in [0.5, 0.6) is 0 Å². The van der Waals surface area contributed by atoms with Crippen LogP contribution in [0.25, 0.3) is 0 Å². The lowest BCUT2D eigenvalue weighted by Crippen LogP contribution is -2.06. The molecule has 0 fully saturated rings. The van der Waals surface area contributed by atoms with Gasteiger partial charge in [-0.2, -0.15) is 0 Å². The van der Waals surface area contributed by atoms with Gasteiger partial charge in [0.2, 0.25) is 0 Å². The SMILES string of the molecule is Cc1nnc(SCCNc2ccccc2F)n1C. The van der Waals surface area contributed by atoms with Gasteiger partial charge in [0, 0.05) is 19.3 Å². The summed E-state index contributed by atoms with van der Waals surface area (Å²) in [5, 5.41) is 12.0. The fraction of sp³-hybridized carbons (Fsp3) is 0.333. The molecular formula is C12H15FN4S. The second-order valence-electron chi connectivity index (χ2n) is 3.84. The monoisotopic (exact) mass is 266 g/mol. The molecule has 0 saturated carbocycles. The molecule has 0 bridgehead atoms. The van der Waals surface area contributed by atoms with Gasteiger partial charge in [-0.3, -0.25) is 0 Å². The van der Waals surface area contributed by atoms with E-state index < -0.39 is 0 Å². The third-order valence-corrected chi connectivity index (χ3v) is 3.60. The number of para-hydroxylation sites is 1. The smallest absolute Gasteiger partial charge is 0.191 e. The maximum Gasteiger partial charge on any atom is 0.191 e. The van der Waals surface area contributed by atoms with E-state index in [0.29, 0.717) is 12.2 Å². The zero-order valence-electron chi connectivity index (χ0n) is 10.4. The number of aromatic nitrogens is 3. The Morgan fingerprint density at radius 2 is 2.11 bits per heavy atom. The number of anilines is 1. The van der Waals surface area contributed by atoms with Gasteiger partial charge in [-0.1, -0.05) is 23.9 Å². The highest BCUT2D eigenvalue weighted by Gasteiger charge is 2.05. The van der Waals surface area contributed by atoms with E-state index in [1.54, 1.807) is 23.9 Å². The molecule has 1 heterocycles. The minimum absolute atomic E-state index is 0.225. The molecule has 2 aromatic rings. The Kier molecular flexibility index (Phi) is 4.19. The van der Waals surface area contributed by atoms with Crippen LogP contribution >= 0.6 is 11.8 Å². The van der Waals surface area contributed by atoms with E-state index in [-0.39, 0.29) is 5.82 Å². The molecule has 6 heteroatoms. The molecule has 2 rings (SSSR count). The predicted octanol–water partition coefficient (Wildman–Crippen LogP) is 2.47. The number of thioether (sulfide) groups is 1. The van der Waals surface area contributed by atoms with E-state index in [4.69, 9.17) is 0 Å². The van der Waals surface area contributed by atoms with E-state index in [9.17, 15) is 4.39 Å². The molecule has 1 aromatic carbocycles. The number of rotatable bonds is 5. The molecule has 96 valence electrons. The predicted molar refractivity (Wildman–Crippen MR) is 71.4 cm³/mol. The fourth-order valence-corrected chi connectivity index (χ4v) is 2.26. The Morgan fingerprint density at radius 1 is 1.33 bits per heavy atom. The van der Waals surface area contributed by atoms with Gasteiger partial charge in [0.25, 0.3) is 0 Å². The lowest BCUT2D eigenvalue weighted by atomic mass is 10.3. The van der Waals surface area contributed by atoms with Crippen molar-refractivity contribution < 1.29 is 4.39 Å². The van der Waals surface area contributed by atoms with E-state index in [0.717, 1.165) is 16.7 Å². The van der Waals surface area contributed by atoms with Gasteiger partial charge in [-0.25, -0.2) is 4.39 Å². The normalized spacial score (nSPS) is 10.6. The van der Waals surface area contributed by atoms with Crippen molar-refractivity contribution >= 4 is 17.4 Å². The van der Waals surface area contributed by atoms with E-state index >= 15 is 0 Å². The van der Waals surface area contributed by atoms with E-state index in [1.807, 2.05) is 24.6 Å². The van der Waals surface area contributed by atoms with Crippen molar-refractivity contribution in [2.24, 2.45) is 7.05 Å². The van der Waals surface area contributed by atoms with Gasteiger partial charge in [0.05, 0.1) is 5.69 Å². The summed E-state index contributed by atoms with van der Waals surface area (Å²) >= 11 is 1.60. The first-order valence-electron chi connectivity index (χ1n) is 5.65. The Bertz CT molecular complexity index is 527. The average Bonchev–Trinajstić information content (AvgIpc) is 2.68. The summed E-state index contributed by atoms with van der Waals surface area (Å²) in [6.07, 6.45) is 0. The number of hydrogen-bond donors (Lipinski definition) is 1. The molecule has 0 amide bonds. The Morgan fingerprint density at radius 3 is 2.78 bits per heavy atom. The first kappa shape index (κ1) is 12.9. The van der Waals surface area contributed by atoms with Gasteiger partial charge >= 0.3 is 0 Å². The average molecular weight is 266 g/mol. The van der Waals surface area contributed by atoms with Crippen LogP contribution in [0.2, 0.25) is 0 Å². The summed E-state index contributed by atoms with van der Waals surface area (Å²) in [7, 11) is 1.93. The summed E-state index contributed by atoms with van der Waals surface area (Å²) in [5.74, 6) is 1.47. The molecule has 0 atom stereocenters. The number of hydrogen-bond acceptors (Lipinski definition) is 4. The number of benzene rings is 1. The summed E-state index contributed by atoms with van der Waals surface area (Å²) in [6.45, 7) is 2.59. The fourth-order valence-electron chi connectivity index (χ4n) is 1.45. The zero-order chi connectivity index (χ0) is 13.0. The van der Waals surface area contributed by atoms with Gasteiger partial charge in [0.1, 0.15) is 11.6 Å². The number of nitrogens with one attached hydrogen (secondary N) is 1. The van der Waals surface area contributed by atoms with Crippen molar-refractivity contribution in [2.75, 3.05) is 17.6 Å². The highest BCUT2D eigenvalue weighted by Crippen LogP contribution is 2.16. The van der Waals surface area contributed by atoms with Crippen LogP contribution < -0.4 is 5.32 Å². The molecule has 0 saturated heterocycles. The molecule has 1 aromatic heterocycles. The summed E-state index contributed by atoms with van der Waals surface area (Å²) in [5.41, 5.74) is 0.534. The van der Waals surface area contributed by atoms with Crippen molar-refractivity contribution in [1.29, 1.82) is 0 Å². The van der Waals surface area contributed by atoms with Crippen LogP contribution in [0, 0.1) is 12.7 Å². The lowest BCUT2D eigenvalue weighted by Gasteiger charge is -2.06. The molecular weight excluding hydrogens is 251 g/mol. The van der Waals surface area contributed by atoms with Crippen LogP contribution in [-0.4, -0.2) is 27.1 Å². The zero-order valence-corrected chi connectivity index (χ0v) is 11.2. The largest absolute Gasteiger partial charge is 0.382 e. The summed E-state index contributed by atoms with van der Waals surface area (Å²) < 4.78 is 15.2. The molecule has 18 heavy (non-hydrogen) atoms. The Balaban J connectivity index is 1.80. The van der Waals surface area contributed by atoms with Crippen molar-refractivity contribution in [3.8, 4) is 0 Å². The van der Waals surface area contributed by atoms with Crippen LogP contribution in [0.1, 0.15) is 5.82 Å². The quantitative estimate of drug-likeness (QED) is 0.667. The molecule has 0 aliphatic heterocycles. The van der Waals surface area contributed by atoms with Gasteiger partial charge in [-0.05, 0) is 19.1 Å². The van der Waals surface area contributed by atoms with Crippen LogP contribution in [0.4, 0.5) is 10.1 Å². The highest BCUT2D eigenvalue weighted by atomic mass is 32.2. The third kappa shape index (κ3) is 3.01. The van der Waals surface area contributed by atoms with Crippen LogP contribution in [0.3, 0.4) is 0 Å². The number of aryl methyl sites for hydroxylation is 1. The standard InChI is InChI=1S/C12H15FN4S/c1-9-15-16-12(17(9)2)18-8-7-14-11-6-4-3-5-10(11)13/h3-6,14H,7-8H2,1-2H3. The Hall–Kier alpha value is -1.56. The van der Waals surface area contributed by atoms with Crippen molar-refractivity contribution in [1.82, 2.24) is 14.8 Å². The van der Waals surface area contributed by atoms with Crippen molar-refractivity contribution in [3.05, 3.63) is 35.9 Å². The van der Waals surface area contributed by atoms with Crippen LogP contribution in [-0.2, 0) is 7.05 Å². The lowest BCUT2D eigenvalue weighted by molar-refractivity contribution is 0.630. The van der Waals surface area contributed by atoms with Crippen LogP contribution in [0.15, 0.2) is 29.4 Å². The number of nitrogens with zero attached hydrogens (tertiary/aromatic N) is 3. The molecule has 0 spiro atoms. The van der Waals surface area contributed by atoms with Crippen molar-refractivity contribution in [2.45, 2.75) is 12.1 Å². The minimum Gasteiger partial charge on any atom is -0.382 e. The summed E-state index contributed by atoms with van der Waals surface area (Å²) in [6, 6.07) is 6.66. The summed E-state index contributed by atoms with van der Waals surface area (Å²) in [4.78, 5) is 0. The van der Waals surface area contributed by atoms with E-state index in [2.05, 4.69) is 15.5 Å². The minimum atomic E-state index is -0.225. The first-order valence-corrected chi connectivity index (χ1v) is 6.64. The molecule has 0 radical (unpaired) electrons. The molecule has 4 nitrogen and oxygen atoms in total. The molecule has 0 aliphatic carbocycles. The second kappa shape index (κ2) is 5.86. The number of halogens is 1.